The Morgan fingerprint density at radius 1 is 1.04 bits per heavy atom. The van der Waals surface area contributed by atoms with Crippen molar-refractivity contribution >= 4 is 11.7 Å². The van der Waals surface area contributed by atoms with E-state index < -0.39 is 11.1 Å². The summed E-state index contributed by atoms with van der Waals surface area (Å²) in [6.07, 6.45) is 2.22. The highest BCUT2D eigenvalue weighted by Gasteiger charge is 2.46. The number of ether oxygens (including phenoxy) is 1. The number of carbonyl (C=O) groups is 1. The highest BCUT2D eigenvalue weighted by atomic mass is 16.6. The van der Waals surface area contributed by atoms with Crippen LogP contribution in [0.1, 0.15) is 32.8 Å². The molecule has 132 valence electrons. The van der Waals surface area contributed by atoms with E-state index in [4.69, 9.17) is 4.74 Å². The Labute approximate surface area is 150 Å². The zero-order valence-electron chi connectivity index (χ0n) is 15.5. The fourth-order valence-electron chi connectivity index (χ4n) is 2.94. The molecule has 0 bridgehead atoms. The van der Waals surface area contributed by atoms with E-state index in [1.165, 1.54) is 0 Å². The first-order chi connectivity index (χ1) is 11.8. The van der Waals surface area contributed by atoms with Crippen molar-refractivity contribution in [3.8, 4) is 0 Å². The van der Waals surface area contributed by atoms with E-state index in [9.17, 15) is 4.79 Å². The molecule has 0 amide bonds. The van der Waals surface area contributed by atoms with Crippen molar-refractivity contribution in [2.24, 2.45) is 0 Å². The lowest BCUT2D eigenvalue weighted by atomic mass is 9.84. The van der Waals surface area contributed by atoms with Crippen molar-refractivity contribution in [2.45, 2.75) is 38.3 Å². The molecule has 0 N–H and O–H groups in total. The van der Waals surface area contributed by atoms with E-state index in [-0.39, 0.29) is 5.97 Å². The van der Waals surface area contributed by atoms with Crippen LogP contribution < -0.4 is 4.90 Å². The van der Waals surface area contributed by atoms with E-state index in [0.29, 0.717) is 6.42 Å². The molecule has 0 spiro atoms. The van der Waals surface area contributed by atoms with Crippen molar-refractivity contribution in [3.63, 3.8) is 0 Å². The van der Waals surface area contributed by atoms with E-state index >= 15 is 0 Å². The van der Waals surface area contributed by atoms with Gasteiger partial charge in [0, 0.05) is 19.2 Å². The van der Waals surface area contributed by atoms with Gasteiger partial charge in [-0.1, -0.05) is 54.6 Å². The minimum absolute atomic E-state index is 0.280. The van der Waals surface area contributed by atoms with E-state index in [1.54, 1.807) is 6.08 Å². The second-order valence-corrected chi connectivity index (χ2v) is 7.12. The van der Waals surface area contributed by atoms with Gasteiger partial charge in [-0.05, 0) is 38.5 Å². The normalized spacial score (nSPS) is 13.6. The molecule has 0 aliphatic heterocycles. The largest absolute Gasteiger partial charge is 0.458 e. The number of hydrogen-bond donors (Lipinski definition) is 0. The van der Waals surface area contributed by atoms with Gasteiger partial charge in [0.2, 0.25) is 0 Å². The minimum atomic E-state index is -0.975. The molecule has 0 saturated carbocycles. The lowest BCUT2D eigenvalue weighted by molar-refractivity contribution is -0.162. The van der Waals surface area contributed by atoms with Gasteiger partial charge in [0.1, 0.15) is 5.60 Å². The monoisotopic (exact) mass is 337 g/mol. The molecular weight excluding hydrogens is 310 g/mol. The Hall–Kier alpha value is -2.55. The van der Waals surface area contributed by atoms with Crippen molar-refractivity contribution in [1.29, 1.82) is 0 Å². The van der Waals surface area contributed by atoms with Gasteiger partial charge >= 0.3 is 5.97 Å². The molecule has 0 aromatic heterocycles. The van der Waals surface area contributed by atoms with Crippen LogP contribution in [0.2, 0.25) is 0 Å². The number of likely N-dealkylation sites (N-methyl/N-ethyl adjacent to an activating group) is 1. The van der Waals surface area contributed by atoms with Gasteiger partial charge in [0.15, 0.2) is 5.54 Å². The summed E-state index contributed by atoms with van der Waals surface area (Å²) in [6.45, 7) is 9.55. The fraction of sp³-hybridized carbons (Fsp3) is 0.318. The van der Waals surface area contributed by atoms with Crippen LogP contribution in [0.5, 0.6) is 0 Å². The molecule has 0 radical (unpaired) electrons. The molecule has 1 atom stereocenters. The second kappa shape index (κ2) is 7.56. The van der Waals surface area contributed by atoms with Gasteiger partial charge in [0.05, 0.1) is 0 Å². The maximum absolute atomic E-state index is 13.4. The topological polar surface area (TPSA) is 29.5 Å². The lowest BCUT2D eigenvalue weighted by Gasteiger charge is -2.42. The van der Waals surface area contributed by atoms with Gasteiger partial charge in [-0.2, -0.15) is 0 Å². The molecule has 0 saturated heterocycles. The fourth-order valence-corrected chi connectivity index (χ4v) is 2.94. The van der Waals surface area contributed by atoms with Gasteiger partial charge < -0.3 is 9.64 Å². The van der Waals surface area contributed by atoms with Gasteiger partial charge in [0.25, 0.3) is 0 Å². The first-order valence-corrected chi connectivity index (χ1v) is 8.50. The molecule has 3 heteroatoms. The number of hydrogen-bond acceptors (Lipinski definition) is 3. The first-order valence-electron chi connectivity index (χ1n) is 8.50. The molecule has 0 aliphatic carbocycles. The van der Waals surface area contributed by atoms with Crippen LogP contribution in [-0.4, -0.2) is 18.6 Å². The number of rotatable bonds is 6. The number of para-hydroxylation sites is 1. The molecule has 1 unspecified atom stereocenters. The Balaban J connectivity index is 2.63. The van der Waals surface area contributed by atoms with E-state index in [0.717, 1.165) is 11.3 Å². The molecule has 2 aromatic carbocycles. The molecule has 25 heavy (non-hydrogen) atoms. The second-order valence-electron chi connectivity index (χ2n) is 7.12. The molecule has 2 rings (SSSR count). The van der Waals surface area contributed by atoms with Crippen LogP contribution in [0.4, 0.5) is 5.69 Å². The summed E-state index contributed by atoms with van der Waals surface area (Å²) >= 11 is 0. The van der Waals surface area contributed by atoms with Crippen molar-refractivity contribution in [2.75, 3.05) is 11.9 Å². The Bertz CT molecular complexity index is 704. The van der Waals surface area contributed by atoms with Crippen molar-refractivity contribution in [1.82, 2.24) is 0 Å². The summed E-state index contributed by atoms with van der Waals surface area (Å²) in [5.41, 5.74) is 0.280. The zero-order valence-corrected chi connectivity index (χ0v) is 15.5. The number of nitrogens with zero attached hydrogens (tertiary/aromatic N) is 1. The van der Waals surface area contributed by atoms with Gasteiger partial charge in [-0.15, -0.1) is 6.58 Å². The summed E-state index contributed by atoms with van der Waals surface area (Å²) < 4.78 is 5.82. The minimum Gasteiger partial charge on any atom is -0.458 e. The van der Waals surface area contributed by atoms with Gasteiger partial charge in [-0.3, -0.25) is 0 Å². The molecule has 3 nitrogen and oxygen atoms in total. The Morgan fingerprint density at radius 3 is 2.04 bits per heavy atom. The van der Waals surface area contributed by atoms with E-state index in [1.807, 2.05) is 93.4 Å². The Morgan fingerprint density at radius 2 is 1.56 bits per heavy atom. The number of benzene rings is 2. The third-order valence-electron chi connectivity index (χ3n) is 4.14. The third kappa shape index (κ3) is 4.11. The predicted molar refractivity (Wildman–Crippen MR) is 104 cm³/mol. The number of esters is 1. The SMILES string of the molecule is C=CCC(C(=O)OC(C)(C)C)(c1ccccc1)N(C)c1ccccc1. The van der Waals surface area contributed by atoms with Gasteiger partial charge in [-0.25, -0.2) is 4.79 Å². The number of anilines is 1. The highest BCUT2D eigenvalue weighted by Crippen LogP contribution is 2.37. The first kappa shape index (κ1) is 18.8. The van der Waals surface area contributed by atoms with Crippen LogP contribution >= 0.6 is 0 Å². The summed E-state index contributed by atoms with van der Waals surface area (Å²) in [5, 5.41) is 0. The average molecular weight is 337 g/mol. The van der Waals surface area contributed by atoms with E-state index in [2.05, 4.69) is 6.58 Å². The third-order valence-corrected chi connectivity index (χ3v) is 4.14. The predicted octanol–water partition coefficient (Wildman–Crippen LogP) is 4.94. The van der Waals surface area contributed by atoms with Crippen LogP contribution in [-0.2, 0) is 15.1 Å². The van der Waals surface area contributed by atoms with Crippen LogP contribution in [0.25, 0.3) is 0 Å². The zero-order chi connectivity index (χ0) is 18.5. The molecule has 0 aliphatic rings. The van der Waals surface area contributed by atoms with Crippen molar-refractivity contribution in [3.05, 3.63) is 78.9 Å². The summed E-state index contributed by atoms with van der Waals surface area (Å²) in [7, 11) is 1.93. The van der Waals surface area contributed by atoms with Crippen molar-refractivity contribution < 1.29 is 9.53 Å². The lowest BCUT2D eigenvalue weighted by Crippen LogP contribution is -2.52. The molecular formula is C22H27NO2. The summed E-state index contributed by atoms with van der Waals surface area (Å²) in [5.74, 6) is -0.280. The highest BCUT2D eigenvalue weighted by molar-refractivity contribution is 5.87. The smallest absolute Gasteiger partial charge is 0.337 e. The maximum atomic E-state index is 13.4. The summed E-state index contributed by atoms with van der Waals surface area (Å²) in [4.78, 5) is 15.4. The summed E-state index contributed by atoms with van der Waals surface area (Å²) in [6, 6.07) is 19.6. The molecule has 0 heterocycles. The van der Waals surface area contributed by atoms with Crippen LogP contribution in [0, 0.1) is 0 Å². The van der Waals surface area contributed by atoms with Crippen LogP contribution in [0.15, 0.2) is 73.3 Å². The molecule has 2 aromatic rings. The van der Waals surface area contributed by atoms with Crippen LogP contribution in [0.3, 0.4) is 0 Å². The molecule has 0 fully saturated rings. The Kier molecular flexibility index (Phi) is 5.68. The maximum Gasteiger partial charge on any atom is 0.337 e. The average Bonchev–Trinajstić information content (AvgIpc) is 2.59. The number of carbonyl (C=O) groups excluding carboxylic acids is 1. The quantitative estimate of drug-likeness (QED) is 0.552. The standard InChI is InChI=1S/C22H27NO2/c1-6-17-22(18-13-9-7-10-14-18,20(24)25-21(2,3)4)23(5)19-15-11-8-12-16-19/h6-16H,1,17H2,2-5H3.